The Kier molecular flexibility index (Phi) is 4.07. The molecule has 0 spiro atoms. The molecule has 2 rings (SSSR count). The predicted octanol–water partition coefficient (Wildman–Crippen LogP) is 2.08. The number of aryl methyl sites for hydroxylation is 1. The Labute approximate surface area is 106 Å². The first-order valence-corrected chi connectivity index (χ1v) is 5.86. The quantitative estimate of drug-likeness (QED) is 0.875. The average Bonchev–Trinajstić information content (AvgIpc) is 2.86. The van der Waals surface area contributed by atoms with E-state index in [9.17, 15) is 0 Å². The van der Waals surface area contributed by atoms with Gasteiger partial charge < -0.3 is 15.0 Å². The fourth-order valence-electron chi connectivity index (χ4n) is 1.57. The van der Waals surface area contributed by atoms with E-state index >= 15 is 0 Å². The van der Waals surface area contributed by atoms with Gasteiger partial charge in [-0.15, -0.1) is 0 Å². The molecule has 0 fully saturated rings. The lowest BCUT2D eigenvalue weighted by Crippen LogP contribution is -2.12. The van der Waals surface area contributed by atoms with Crippen LogP contribution in [-0.2, 0) is 4.74 Å². The molecule has 96 valence electrons. The Morgan fingerprint density at radius 3 is 2.72 bits per heavy atom. The molecular formula is C13H17N3O2. The minimum atomic E-state index is -0.281. The van der Waals surface area contributed by atoms with E-state index in [1.54, 1.807) is 7.11 Å². The van der Waals surface area contributed by atoms with Crippen molar-refractivity contribution in [3.8, 4) is 11.4 Å². The summed E-state index contributed by atoms with van der Waals surface area (Å²) in [5.74, 6) is 1.01. The topological polar surface area (TPSA) is 74.2 Å². The fraction of sp³-hybridized carbons (Fsp3) is 0.385. The molecule has 0 saturated carbocycles. The number of rotatable bonds is 5. The molecule has 1 aromatic carbocycles. The summed E-state index contributed by atoms with van der Waals surface area (Å²) in [6, 6.07) is 7.67. The minimum Gasteiger partial charge on any atom is -0.385 e. The number of aromatic nitrogens is 2. The molecule has 0 radical (unpaired) electrons. The summed E-state index contributed by atoms with van der Waals surface area (Å²) in [5.41, 5.74) is 8.04. The molecule has 0 aliphatic rings. The van der Waals surface area contributed by atoms with Crippen molar-refractivity contribution in [2.24, 2.45) is 5.73 Å². The summed E-state index contributed by atoms with van der Waals surface area (Å²) in [4.78, 5) is 4.30. The predicted molar refractivity (Wildman–Crippen MR) is 67.9 cm³/mol. The van der Waals surface area contributed by atoms with E-state index in [0.29, 0.717) is 24.7 Å². The summed E-state index contributed by atoms with van der Waals surface area (Å²) in [7, 11) is 1.64. The van der Waals surface area contributed by atoms with Crippen LogP contribution in [-0.4, -0.2) is 23.9 Å². The molecule has 5 nitrogen and oxygen atoms in total. The molecule has 0 bridgehead atoms. The molecule has 2 N–H and O–H groups in total. The first-order chi connectivity index (χ1) is 8.70. The normalized spacial score (nSPS) is 12.6. The second-order valence-corrected chi connectivity index (χ2v) is 4.21. The molecule has 1 unspecified atom stereocenters. The molecule has 2 aromatic rings. The Bertz CT molecular complexity index is 493. The van der Waals surface area contributed by atoms with Crippen molar-refractivity contribution in [1.82, 2.24) is 10.1 Å². The molecule has 0 saturated heterocycles. The van der Waals surface area contributed by atoms with Gasteiger partial charge in [0.15, 0.2) is 0 Å². The number of ether oxygens (including phenoxy) is 1. The second kappa shape index (κ2) is 5.75. The highest BCUT2D eigenvalue weighted by molar-refractivity contribution is 5.54. The Morgan fingerprint density at radius 2 is 2.06 bits per heavy atom. The molecule has 0 aliphatic heterocycles. The zero-order chi connectivity index (χ0) is 13.0. The van der Waals surface area contributed by atoms with Crippen LogP contribution in [0.15, 0.2) is 28.8 Å². The smallest absolute Gasteiger partial charge is 0.243 e. The van der Waals surface area contributed by atoms with Crippen LogP contribution < -0.4 is 5.73 Å². The third-order valence-electron chi connectivity index (χ3n) is 2.70. The fourth-order valence-corrected chi connectivity index (χ4v) is 1.57. The number of benzene rings is 1. The zero-order valence-corrected chi connectivity index (χ0v) is 10.6. The van der Waals surface area contributed by atoms with Gasteiger partial charge in [-0.25, -0.2) is 0 Å². The highest BCUT2D eigenvalue weighted by Crippen LogP contribution is 2.19. The van der Waals surface area contributed by atoms with Crippen molar-refractivity contribution in [3.63, 3.8) is 0 Å². The summed E-state index contributed by atoms with van der Waals surface area (Å²) >= 11 is 0. The van der Waals surface area contributed by atoms with Gasteiger partial charge in [-0.05, 0) is 13.3 Å². The largest absolute Gasteiger partial charge is 0.385 e. The molecule has 0 aliphatic carbocycles. The Hall–Kier alpha value is -1.72. The third-order valence-corrected chi connectivity index (χ3v) is 2.70. The maximum Gasteiger partial charge on any atom is 0.243 e. The highest BCUT2D eigenvalue weighted by Gasteiger charge is 2.15. The van der Waals surface area contributed by atoms with Crippen molar-refractivity contribution in [2.75, 3.05) is 13.7 Å². The third kappa shape index (κ3) is 2.94. The van der Waals surface area contributed by atoms with Crippen LogP contribution in [0.4, 0.5) is 0 Å². The van der Waals surface area contributed by atoms with Crippen LogP contribution in [0.25, 0.3) is 11.4 Å². The molecule has 0 amide bonds. The number of nitrogens with zero attached hydrogens (tertiary/aromatic N) is 2. The molecule has 18 heavy (non-hydrogen) atoms. The van der Waals surface area contributed by atoms with Crippen LogP contribution in [0, 0.1) is 6.92 Å². The maximum absolute atomic E-state index is 5.92. The van der Waals surface area contributed by atoms with Gasteiger partial charge in [-0.3, -0.25) is 0 Å². The van der Waals surface area contributed by atoms with Crippen molar-refractivity contribution in [1.29, 1.82) is 0 Å². The number of nitrogens with two attached hydrogens (primary N) is 1. The lowest BCUT2D eigenvalue weighted by Gasteiger charge is -2.04. The van der Waals surface area contributed by atoms with Crippen LogP contribution in [0.2, 0.25) is 0 Å². The molecule has 5 heteroatoms. The van der Waals surface area contributed by atoms with Gasteiger partial charge in [-0.1, -0.05) is 35.0 Å². The van der Waals surface area contributed by atoms with Gasteiger partial charge in [-0.2, -0.15) is 4.98 Å². The van der Waals surface area contributed by atoms with Crippen molar-refractivity contribution in [2.45, 2.75) is 19.4 Å². The van der Waals surface area contributed by atoms with Crippen LogP contribution in [0.5, 0.6) is 0 Å². The van der Waals surface area contributed by atoms with Gasteiger partial charge in [0.05, 0.1) is 6.04 Å². The van der Waals surface area contributed by atoms with E-state index in [1.165, 1.54) is 5.56 Å². The van der Waals surface area contributed by atoms with E-state index in [0.717, 1.165) is 5.56 Å². The summed E-state index contributed by atoms with van der Waals surface area (Å²) in [5, 5.41) is 3.94. The van der Waals surface area contributed by atoms with Crippen LogP contribution in [0.1, 0.15) is 23.9 Å². The first kappa shape index (κ1) is 12.7. The molecule has 1 atom stereocenters. The maximum atomic E-state index is 5.92. The molecular weight excluding hydrogens is 230 g/mol. The zero-order valence-electron chi connectivity index (χ0n) is 10.6. The van der Waals surface area contributed by atoms with Crippen molar-refractivity contribution >= 4 is 0 Å². The van der Waals surface area contributed by atoms with E-state index in [2.05, 4.69) is 10.1 Å². The minimum absolute atomic E-state index is 0.281. The lowest BCUT2D eigenvalue weighted by atomic mass is 10.1. The van der Waals surface area contributed by atoms with E-state index in [4.69, 9.17) is 15.0 Å². The van der Waals surface area contributed by atoms with E-state index < -0.39 is 0 Å². The Balaban J connectivity index is 2.12. The standard InChI is InChI=1S/C13H17N3O2/c1-9-3-5-10(6-4-9)12-15-13(18-16-12)11(14)7-8-17-2/h3-6,11H,7-8,14H2,1-2H3. The summed E-state index contributed by atoms with van der Waals surface area (Å²) in [6.45, 7) is 2.61. The van der Waals surface area contributed by atoms with Crippen LogP contribution >= 0.6 is 0 Å². The van der Waals surface area contributed by atoms with Crippen molar-refractivity contribution < 1.29 is 9.26 Å². The van der Waals surface area contributed by atoms with E-state index in [1.807, 2.05) is 31.2 Å². The number of hydrogen-bond acceptors (Lipinski definition) is 5. The van der Waals surface area contributed by atoms with E-state index in [-0.39, 0.29) is 6.04 Å². The monoisotopic (exact) mass is 247 g/mol. The number of hydrogen-bond donors (Lipinski definition) is 1. The summed E-state index contributed by atoms with van der Waals surface area (Å²) < 4.78 is 10.1. The lowest BCUT2D eigenvalue weighted by molar-refractivity contribution is 0.182. The average molecular weight is 247 g/mol. The first-order valence-electron chi connectivity index (χ1n) is 5.86. The van der Waals surface area contributed by atoms with Gasteiger partial charge in [0.25, 0.3) is 0 Å². The molecule has 1 aromatic heterocycles. The second-order valence-electron chi connectivity index (χ2n) is 4.21. The summed E-state index contributed by atoms with van der Waals surface area (Å²) in [6.07, 6.45) is 0.659. The highest BCUT2D eigenvalue weighted by atomic mass is 16.5. The van der Waals surface area contributed by atoms with Gasteiger partial charge in [0.2, 0.25) is 11.7 Å². The molecule has 1 heterocycles. The van der Waals surface area contributed by atoms with Crippen LogP contribution in [0.3, 0.4) is 0 Å². The van der Waals surface area contributed by atoms with Gasteiger partial charge in [0, 0.05) is 19.3 Å². The number of methoxy groups -OCH3 is 1. The van der Waals surface area contributed by atoms with Gasteiger partial charge >= 0.3 is 0 Å². The van der Waals surface area contributed by atoms with Crippen molar-refractivity contribution in [3.05, 3.63) is 35.7 Å². The Morgan fingerprint density at radius 1 is 1.33 bits per heavy atom. The van der Waals surface area contributed by atoms with Gasteiger partial charge in [0.1, 0.15) is 0 Å². The SMILES string of the molecule is COCCC(N)c1nc(-c2ccc(C)cc2)no1.